The van der Waals surface area contributed by atoms with Crippen molar-refractivity contribution in [2.24, 2.45) is 5.10 Å². The minimum Gasteiger partial charge on any atom is -0.476 e. The molecule has 0 unspecified atom stereocenters. The van der Waals surface area contributed by atoms with Gasteiger partial charge in [0.15, 0.2) is 11.9 Å². The number of carbonyl (C=O) groups is 1. The lowest BCUT2D eigenvalue weighted by Gasteiger charge is -2.22. The highest BCUT2D eigenvalue weighted by Gasteiger charge is 2.23. The average Bonchev–Trinajstić information content (AvgIpc) is 2.85. The fourth-order valence-corrected chi connectivity index (χ4v) is 4.75. The van der Waals surface area contributed by atoms with Gasteiger partial charge in [-0.25, -0.2) is 9.78 Å². The number of para-hydroxylation sites is 1. The van der Waals surface area contributed by atoms with Crippen molar-refractivity contribution < 1.29 is 14.3 Å². The topological polar surface area (TPSA) is 82.8 Å². The van der Waals surface area contributed by atoms with Crippen LogP contribution in [0.2, 0.25) is 10.0 Å². The second-order valence-corrected chi connectivity index (χ2v) is 9.09. The average molecular weight is 502 g/mol. The first-order valence-corrected chi connectivity index (χ1v) is 11.9. The van der Waals surface area contributed by atoms with Crippen LogP contribution >= 0.6 is 23.2 Å². The van der Waals surface area contributed by atoms with Gasteiger partial charge < -0.3 is 9.47 Å². The smallest absolute Gasteiger partial charge is 0.346 e. The number of nitrogens with zero attached hydrogens (tertiary/aromatic N) is 3. The van der Waals surface area contributed by atoms with Crippen LogP contribution in [-0.2, 0) is 9.53 Å². The number of rotatable bonds is 6. The van der Waals surface area contributed by atoms with Crippen molar-refractivity contribution in [1.82, 2.24) is 9.66 Å². The number of esters is 1. The Morgan fingerprint density at radius 3 is 2.53 bits per heavy atom. The van der Waals surface area contributed by atoms with Gasteiger partial charge in [0.1, 0.15) is 5.82 Å². The molecule has 0 radical (unpaired) electrons. The van der Waals surface area contributed by atoms with Crippen LogP contribution in [0.4, 0.5) is 0 Å². The van der Waals surface area contributed by atoms with E-state index in [9.17, 15) is 9.59 Å². The lowest BCUT2D eigenvalue weighted by atomic mass is 9.88. The number of carbonyl (C=O) groups excluding carboxylic acids is 1. The van der Waals surface area contributed by atoms with Gasteiger partial charge in [0.05, 0.1) is 34.3 Å². The summed E-state index contributed by atoms with van der Waals surface area (Å²) in [4.78, 5) is 29.8. The number of hydrogen-bond donors (Lipinski definition) is 0. The molecule has 0 N–H and O–H groups in total. The summed E-state index contributed by atoms with van der Waals surface area (Å²) in [5.74, 6) is 0.469. The second-order valence-electron chi connectivity index (χ2n) is 8.28. The highest BCUT2D eigenvalue weighted by molar-refractivity contribution is 6.37. The summed E-state index contributed by atoms with van der Waals surface area (Å²) in [6.07, 6.45) is 6.00. The molecule has 0 spiro atoms. The molecule has 4 rings (SSSR count). The van der Waals surface area contributed by atoms with Crippen molar-refractivity contribution in [2.75, 3.05) is 7.11 Å². The molecule has 34 heavy (non-hydrogen) atoms. The molecule has 1 aliphatic carbocycles. The van der Waals surface area contributed by atoms with Gasteiger partial charge in [-0.1, -0.05) is 54.6 Å². The van der Waals surface area contributed by atoms with Gasteiger partial charge >= 0.3 is 5.97 Å². The van der Waals surface area contributed by atoms with E-state index in [4.69, 9.17) is 32.9 Å². The summed E-state index contributed by atoms with van der Waals surface area (Å²) in [7, 11) is 1.27. The summed E-state index contributed by atoms with van der Waals surface area (Å²) in [6.45, 7) is 1.54. The summed E-state index contributed by atoms with van der Waals surface area (Å²) in [5, 5.41) is 5.43. The number of ether oxygens (including phenoxy) is 2. The Bertz CT molecular complexity index is 1280. The SMILES string of the molecule is COC(=O)[C@H](C)Oc1c(Cl)cc(C=Nn2c(C3CCCCC3)nc3ccccc3c2=O)cc1Cl. The predicted molar refractivity (Wildman–Crippen MR) is 133 cm³/mol. The van der Waals surface area contributed by atoms with E-state index < -0.39 is 12.1 Å². The van der Waals surface area contributed by atoms with Crippen molar-refractivity contribution in [1.29, 1.82) is 0 Å². The minimum atomic E-state index is -0.875. The van der Waals surface area contributed by atoms with Crippen LogP contribution in [0.1, 0.15) is 56.3 Å². The first-order chi connectivity index (χ1) is 16.4. The van der Waals surface area contributed by atoms with Crippen LogP contribution in [0.5, 0.6) is 5.75 Å². The summed E-state index contributed by atoms with van der Waals surface area (Å²) < 4.78 is 11.6. The number of methoxy groups -OCH3 is 1. The third-order valence-corrected chi connectivity index (χ3v) is 6.48. The number of hydrogen-bond acceptors (Lipinski definition) is 6. The van der Waals surface area contributed by atoms with Crippen molar-refractivity contribution >= 4 is 46.3 Å². The molecule has 1 saturated carbocycles. The molecule has 1 heterocycles. The highest BCUT2D eigenvalue weighted by atomic mass is 35.5. The van der Waals surface area contributed by atoms with Crippen LogP contribution in [0.25, 0.3) is 10.9 Å². The molecule has 2 aromatic carbocycles. The van der Waals surface area contributed by atoms with E-state index in [2.05, 4.69) is 9.84 Å². The van der Waals surface area contributed by atoms with E-state index in [1.165, 1.54) is 24.4 Å². The highest BCUT2D eigenvalue weighted by Crippen LogP contribution is 2.35. The van der Waals surface area contributed by atoms with E-state index in [1.807, 2.05) is 18.2 Å². The summed E-state index contributed by atoms with van der Waals surface area (Å²) >= 11 is 12.7. The fraction of sp³-hybridized carbons (Fsp3) is 0.360. The monoisotopic (exact) mass is 501 g/mol. The van der Waals surface area contributed by atoms with Crippen molar-refractivity contribution in [3.05, 3.63) is 68.2 Å². The van der Waals surface area contributed by atoms with E-state index in [-0.39, 0.29) is 27.3 Å². The Morgan fingerprint density at radius 1 is 1.18 bits per heavy atom. The van der Waals surface area contributed by atoms with Crippen molar-refractivity contribution in [2.45, 2.75) is 51.0 Å². The molecule has 1 aromatic heterocycles. The first-order valence-electron chi connectivity index (χ1n) is 11.2. The largest absolute Gasteiger partial charge is 0.476 e. The number of halogens is 2. The fourth-order valence-electron chi connectivity index (χ4n) is 4.16. The Morgan fingerprint density at radius 2 is 1.85 bits per heavy atom. The number of benzene rings is 2. The zero-order valence-electron chi connectivity index (χ0n) is 19.0. The van der Waals surface area contributed by atoms with Gasteiger partial charge in [-0.2, -0.15) is 9.78 Å². The molecular weight excluding hydrogens is 477 g/mol. The van der Waals surface area contributed by atoms with Gasteiger partial charge in [-0.05, 0) is 49.6 Å². The van der Waals surface area contributed by atoms with Crippen LogP contribution in [-0.4, -0.2) is 35.1 Å². The normalized spacial score (nSPS) is 15.5. The molecule has 1 aliphatic rings. The quantitative estimate of drug-likeness (QED) is 0.325. The molecule has 0 saturated heterocycles. The van der Waals surface area contributed by atoms with Gasteiger partial charge in [0.2, 0.25) is 0 Å². The standard InChI is InChI=1S/C25H25Cl2N3O4/c1-15(25(32)33-2)34-22-19(26)12-16(13-20(22)27)14-28-30-23(17-8-4-3-5-9-17)29-21-11-7-6-10-18(21)24(30)31/h6-7,10-15,17H,3-5,8-9H2,1-2H3/t15-/m0/s1. The second kappa shape index (κ2) is 10.6. The molecule has 1 fully saturated rings. The minimum absolute atomic E-state index is 0.172. The van der Waals surface area contributed by atoms with Gasteiger partial charge in [0, 0.05) is 5.92 Å². The predicted octanol–water partition coefficient (Wildman–Crippen LogP) is 5.57. The Balaban J connectivity index is 1.71. The Kier molecular flexibility index (Phi) is 7.54. The van der Waals surface area contributed by atoms with Gasteiger partial charge in [-0.15, -0.1) is 0 Å². The van der Waals surface area contributed by atoms with Crippen molar-refractivity contribution in [3.8, 4) is 5.75 Å². The molecule has 0 amide bonds. The molecule has 178 valence electrons. The number of aromatic nitrogens is 2. The Labute approximate surface area is 207 Å². The number of fused-ring (bicyclic) bond motifs is 1. The van der Waals surface area contributed by atoms with E-state index in [0.717, 1.165) is 25.7 Å². The third kappa shape index (κ3) is 5.10. The summed E-state index contributed by atoms with van der Waals surface area (Å²) in [5.41, 5.74) is 1.03. The zero-order chi connectivity index (χ0) is 24.2. The van der Waals surface area contributed by atoms with Crippen LogP contribution in [0.3, 0.4) is 0 Å². The lowest BCUT2D eigenvalue weighted by Crippen LogP contribution is -2.25. The molecule has 7 nitrogen and oxygen atoms in total. The summed E-state index contributed by atoms with van der Waals surface area (Å²) in [6, 6.07) is 10.5. The lowest BCUT2D eigenvalue weighted by molar-refractivity contribution is -0.147. The zero-order valence-corrected chi connectivity index (χ0v) is 20.5. The Hall–Kier alpha value is -2.90. The molecule has 0 aliphatic heterocycles. The van der Waals surface area contributed by atoms with Crippen molar-refractivity contribution in [3.63, 3.8) is 0 Å². The first kappa shape index (κ1) is 24.2. The molecule has 3 aromatic rings. The van der Waals surface area contributed by atoms with E-state index in [1.54, 1.807) is 25.1 Å². The van der Waals surface area contributed by atoms with E-state index in [0.29, 0.717) is 22.3 Å². The molecule has 9 heteroatoms. The van der Waals surface area contributed by atoms with Crippen LogP contribution in [0.15, 0.2) is 46.3 Å². The van der Waals surface area contributed by atoms with Gasteiger partial charge in [0.25, 0.3) is 5.56 Å². The van der Waals surface area contributed by atoms with E-state index >= 15 is 0 Å². The maximum Gasteiger partial charge on any atom is 0.346 e. The van der Waals surface area contributed by atoms with Gasteiger partial charge in [-0.3, -0.25) is 4.79 Å². The molecule has 0 bridgehead atoms. The molecule has 1 atom stereocenters. The van der Waals surface area contributed by atoms with Crippen LogP contribution < -0.4 is 10.3 Å². The maximum absolute atomic E-state index is 13.3. The molecular formula is C25H25Cl2N3O4. The maximum atomic E-state index is 13.3. The van der Waals surface area contributed by atoms with Crippen LogP contribution in [0, 0.1) is 0 Å². The third-order valence-electron chi connectivity index (χ3n) is 5.92.